The number of alkyl halides is 1. The average Bonchev–Trinajstić information content (AvgIpc) is 2.42. The summed E-state index contributed by atoms with van der Waals surface area (Å²) >= 11 is 12.6. The van der Waals surface area contributed by atoms with Crippen LogP contribution in [0, 0.1) is 10.1 Å². The number of nitro benzene ring substituents is 1. The van der Waals surface area contributed by atoms with Crippen LogP contribution in [0.4, 0.5) is 5.69 Å². The van der Waals surface area contributed by atoms with Crippen LogP contribution < -0.4 is 4.74 Å². The van der Waals surface area contributed by atoms with Gasteiger partial charge in [-0.2, -0.15) is 0 Å². The SMILES string of the molecule is O=[N+]([O-])c1ccc(Oc2ccc(Br)cc2Br)c(CCl)c1. The molecule has 0 atom stereocenters. The molecule has 0 aliphatic rings. The second kappa shape index (κ2) is 6.56. The highest BCUT2D eigenvalue weighted by Gasteiger charge is 2.13. The third-order valence-electron chi connectivity index (χ3n) is 2.51. The molecule has 0 unspecified atom stereocenters. The molecule has 0 fully saturated rings. The largest absolute Gasteiger partial charge is 0.456 e. The van der Waals surface area contributed by atoms with Crippen molar-refractivity contribution in [1.82, 2.24) is 0 Å². The van der Waals surface area contributed by atoms with Gasteiger partial charge >= 0.3 is 0 Å². The van der Waals surface area contributed by atoms with Gasteiger partial charge < -0.3 is 4.74 Å². The fourth-order valence-corrected chi connectivity index (χ4v) is 2.90. The molecular weight excluding hydrogens is 413 g/mol. The summed E-state index contributed by atoms with van der Waals surface area (Å²) in [7, 11) is 0. The number of non-ortho nitro benzene ring substituents is 1. The minimum Gasteiger partial charge on any atom is -0.456 e. The number of rotatable bonds is 4. The molecule has 2 rings (SSSR count). The Bertz CT molecular complexity index is 664. The Morgan fingerprint density at radius 2 is 1.85 bits per heavy atom. The van der Waals surface area contributed by atoms with E-state index in [1.807, 2.05) is 12.1 Å². The molecule has 0 saturated carbocycles. The van der Waals surface area contributed by atoms with Gasteiger partial charge in [-0.25, -0.2) is 0 Å². The number of nitro groups is 1. The van der Waals surface area contributed by atoms with E-state index in [4.69, 9.17) is 16.3 Å². The minimum absolute atomic E-state index is 0.0112. The number of hydrogen-bond acceptors (Lipinski definition) is 3. The highest BCUT2D eigenvalue weighted by Crippen LogP contribution is 2.35. The molecule has 7 heteroatoms. The second-order valence-corrected chi connectivity index (χ2v) is 5.90. The molecule has 0 aromatic heterocycles. The zero-order chi connectivity index (χ0) is 14.7. The van der Waals surface area contributed by atoms with E-state index >= 15 is 0 Å². The maximum atomic E-state index is 10.7. The van der Waals surface area contributed by atoms with Crippen LogP contribution in [0.3, 0.4) is 0 Å². The standard InChI is InChI=1S/C13H8Br2ClNO3/c14-9-1-3-13(11(15)6-9)20-12-4-2-10(17(18)19)5-8(12)7-16/h1-6H,7H2. The van der Waals surface area contributed by atoms with E-state index < -0.39 is 4.92 Å². The van der Waals surface area contributed by atoms with E-state index in [2.05, 4.69) is 31.9 Å². The molecule has 104 valence electrons. The number of ether oxygens (including phenoxy) is 1. The molecule has 0 saturated heterocycles. The lowest BCUT2D eigenvalue weighted by molar-refractivity contribution is -0.384. The third-order valence-corrected chi connectivity index (χ3v) is 3.91. The summed E-state index contributed by atoms with van der Waals surface area (Å²) in [6.07, 6.45) is 0. The quantitative estimate of drug-likeness (QED) is 0.364. The van der Waals surface area contributed by atoms with E-state index in [0.29, 0.717) is 17.1 Å². The maximum Gasteiger partial charge on any atom is 0.270 e. The molecule has 0 aliphatic carbocycles. The van der Waals surface area contributed by atoms with E-state index in [0.717, 1.165) is 8.95 Å². The molecule has 0 aliphatic heterocycles. The molecule has 0 amide bonds. The fraction of sp³-hybridized carbons (Fsp3) is 0.0769. The first-order valence-electron chi connectivity index (χ1n) is 5.47. The molecular formula is C13H8Br2ClNO3. The first-order valence-corrected chi connectivity index (χ1v) is 7.59. The van der Waals surface area contributed by atoms with Crippen molar-refractivity contribution in [2.45, 2.75) is 5.88 Å². The van der Waals surface area contributed by atoms with Gasteiger partial charge in [-0.1, -0.05) is 15.9 Å². The van der Waals surface area contributed by atoms with Crippen molar-refractivity contribution in [3.8, 4) is 11.5 Å². The summed E-state index contributed by atoms with van der Waals surface area (Å²) in [5, 5.41) is 10.7. The van der Waals surface area contributed by atoms with Gasteiger partial charge in [-0.05, 0) is 40.2 Å². The molecule has 0 N–H and O–H groups in total. The van der Waals surface area contributed by atoms with Crippen molar-refractivity contribution in [1.29, 1.82) is 0 Å². The fourth-order valence-electron chi connectivity index (χ4n) is 1.56. The Hall–Kier alpha value is -1.11. The van der Waals surface area contributed by atoms with Crippen LogP contribution in [0.5, 0.6) is 11.5 Å². The van der Waals surface area contributed by atoms with Gasteiger partial charge in [0.1, 0.15) is 11.5 Å². The normalized spacial score (nSPS) is 10.3. The van der Waals surface area contributed by atoms with Gasteiger partial charge in [-0.3, -0.25) is 10.1 Å². The summed E-state index contributed by atoms with van der Waals surface area (Å²) in [5.41, 5.74) is 0.554. The monoisotopic (exact) mass is 419 g/mol. The van der Waals surface area contributed by atoms with E-state index in [-0.39, 0.29) is 11.6 Å². The lowest BCUT2D eigenvalue weighted by Crippen LogP contribution is -1.94. The molecule has 0 radical (unpaired) electrons. The Morgan fingerprint density at radius 3 is 2.45 bits per heavy atom. The van der Waals surface area contributed by atoms with Crippen molar-refractivity contribution < 1.29 is 9.66 Å². The van der Waals surface area contributed by atoms with Gasteiger partial charge in [0.15, 0.2) is 0 Å². The molecule has 0 heterocycles. The average molecular weight is 421 g/mol. The zero-order valence-electron chi connectivity index (χ0n) is 9.98. The molecule has 2 aromatic carbocycles. The van der Waals surface area contributed by atoms with Crippen LogP contribution in [0.2, 0.25) is 0 Å². The first kappa shape index (κ1) is 15.3. The van der Waals surface area contributed by atoms with E-state index in [1.165, 1.54) is 12.1 Å². The summed E-state index contributed by atoms with van der Waals surface area (Å²) in [4.78, 5) is 10.3. The summed E-state index contributed by atoms with van der Waals surface area (Å²) in [6, 6.07) is 9.82. The summed E-state index contributed by atoms with van der Waals surface area (Å²) < 4.78 is 7.43. The lowest BCUT2D eigenvalue weighted by Gasteiger charge is -2.11. The van der Waals surface area contributed by atoms with Gasteiger partial charge in [0.05, 0.1) is 15.3 Å². The first-order chi connectivity index (χ1) is 9.51. The molecule has 0 bridgehead atoms. The van der Waals surface area contributed by atoms with Crippen molar-refractivity contribution in [3.63, 3.8) is 0 Å². The van der Waals surface area contributed by atoms with E-state index in [9.17, 15) is 10.1 Å². The summed E-state index contributed by atoms with van der Waals surface area (Å²) in [5.74, 6) is 1.23. The van der Waals surface area contributed by atoms with Crippen molar-refractivity contribution in [3.05, 3.63) is 61.0 Å². The van der Waals surface area contributed by atoms with Gasteiger partial charge in [0.25, 0.3) is 5.69 Å². The van der Waals surface area contributed by atoms with Gasteiger partial charge in [0.2, 0.25) is 0 Å². The maximum absolute atomic E-state index is 10.7. The Kier molecular flexibility index (Phi) is 5.01. The van der Waals surface area contributed by atoms with Crippen LogP contribution in [-0.4, -0.2) is 4.92 Å². The van der Waals surface area contributed by atoms with E-state index in [1.54, 1.807) is 12.1 Å². The predicted octanol–water partition coefficient (Wildman–Crippen LogP) is 5.65. The van der Waals surface area contributed by atoms with Crippen molar-refractivity contribution in [2.24, 2.45) is 0 Å². The van der Waals surface area contributed by atoms with Crippen molar-refractivity contribution >= 4 is 49.1 Å². The van der Waals surface area contributed by atoms with Crippen LogP contribution in [0.15, 0.2) is 45.3 Å². The summed E-state index contributed by atoms with van der Waals surface area (Å²) in [6.45, 7) is 0. The van der Waals surface area contributed by atoms with Crippen LogP contribution in [0.1, 0.15) is 5.56 Å². The Labute approximate surface area is 137 Å². The van der Waals surface area contributed by atoms with Gasteiger partial charge in [-0.15, -0.1) is 11.6 Å². The third kappa shape index (κ3) is 3.50. The van der Waals surface area contributed by atoms with Crippen molar-refractivity contribution in [2.75, 3.05) is 0 Å². The predicted molar refractivity (Wildman–Crippen MR) is 84.6 cm³/mol. The van der Waals surface area contributed by atoms with Gasteiger partial charge in [0, 0.05) is 22.2 Å². The highest BCUT2D eigenvalue weighted by atomic mass is 79.9. The second-order valence-electron chi connectivity index (χ2n) is 3.86. The lowest BCUT2D eigenvalue weighted by atomic mass is 10.2. The number of halogens is 3. The van der Waals surface area contributed by atoms with Crippen LogP contribution in [-0.2, 0) is 5.88 Å². The zero-order valence-corrected chi connectivity index (χ0v) is 13.9. The minimum atomic E-state index is -0.463. The van der Waals surface area contributed by atoms with Crippen LogP contribution in [0.25, 0.3) is 0 Å². The Balaban J connectivity index is 2.35. The number of nitrogens with zero attached hydrogens (tertiary/aromatic N) is 1. The topological polar surface area (TPSA) is 52.4 Å². The van der Waals surface area contributed by atoms with Crippen LogP contribution >= 0.6 is 43.5 Å². The number of hydrogen-bond donors (Lipinski definition) is 0. The molecule has 0 spiro atoms. The molecule has 2 aromatic rings. The number of benzene rings is 2. The molecule has 4 nitrogen and oxygen atoms in total. The highest BCUT2D eigenvalue weighted by molar-refractivity contribution is 9.11. The smallest absolute Gasteiger partial charge is 0.270 e. The Morgan fingerprint density at radius 1 is 1.15 bits per heavy atom. The molecule has 20 heavy (non-hydrogen) atoms.